The highest BCUT2D eigenvalue weighted by Crippen LogP contribution is 2.41. The van der Waals surface area contributed by atoms with Crippen molar-refractivity contribution in [3.05, 3.63) is 33.6 Å². The van der Waals surface area contributed by atoms with Crippen LogP contribution in [0.25, 0.3) is 0 Å². The molecule has 0 heterocycles. The monoisotopic (exact) mass is 247 g/mol. The van der Waals surface area contributed by atoms with Gasteiger partial charge in [-0.1, -0.05) is 36.0 Å². The van der Waals surface area contributed by atoms with Crippen molar-refractivity contribution >= 4 is 23.2 Å². The van der Waals surface area contributed by atoms with Gasteiger partial charge < -0.3 is 5.73 Å². The quantitative estimate of drug-likeness (QED) is 0.750. The Morgan fingerprint density at radius 2 is 1.80 bits per heavy atom. The normalized spacial score (nSPS) is 19.5. The van der Waals surface area contributed by atoms with Gasteiger partial charge in [-0.2, -0.15) is 0 Å². The second kappa shape index (κ2) is 3.93. The van der Waals surface area contributed by atoms with Gasteiger partial charge in [0.1, 0.15) is 5.82 Å². The molecule has 4 heteroatoms. The Hall–Kier alpha value is -0.310. The minimum atomic E-state index is -0.497. The SMILES string of the molecule is NC1(c2cc(Cl)cc(F)c2Cl)CCCC1. The molecular weight excluding hydrogens is 236 g/mol. The maximum Gasteiger partial charge on any atom is 0.143 e. The molecule has 2 N–H and O–H groups in total. The van der Waals surface area contributed by atoms with E-state index in [1.165, 1.54) is 6.07 Å². The van der Waals surface area contributed by atoms with Crippen molar-refractivity contribution in [1.82, 2.24) is 0 Å². The van der Waals surface area contributed by atoms with Gasteiger partial charge in [-0.15, -0.1) is 0 Å². The molecule has 1 aliphatic rings. The molecular formula is C11H12Cl2FN. The van der Waals surface area contributed by atoms with E-state index in [0.29, 0.717) is 10.6 Å². The summed E-state index contributed by atoms with van der Waals surface area (Å²) in [6.07, 6.45) is 3.79. The van der Waals surface area contributed by atoms with Gasteiger partial charge in [-0.3, -0.25) is 0 Å². The van der Waals surface area contributed by atoms with Gasteiger partial charge in [0.25, 0.3) is 0 Å². The van der Waals surface area contributed by atoms with Crippen molar-refractivity contribution in [3.63, 3.8) is 0 Å². The lowest BCUT2D eigenvalue weighted by atomic mass is 9.89. The Bertz CT molecular complexity index is 386. The lowest BCUT2D eigenvalue weighted by Gasteiger charge is -2.25. The van der Waals surface area contributed by atoms with E-state index >= 15 is 0 Å². The molecule has 0 saturated heterocycles. The molecule has 0 spiro atoms. The fourth-order valence-corrected chi connectivity index (χ4v) is 2.70. The third kappa shape index (κ3) is 1.99. The summed E-state index contributed by atoms with van der Waals surface area (Å²) in [6, 6.07) is 2.89. The van der Waals surface area contributed by atoms with Crippen LogP contribution in [0.3, 0.4) is 0 Å². The molecule has 2 rings (SSSR count). The van der Waals surface area contributed by atoms with E-state index in [0.717, 1.165) is 25.7 Å². The van der Waals surface area contributed by atoms with Crippen LogP contribution in [0, 0.1) is 5.82 Å². The van der Waals surface area contributed by atoms with Gasteiger partial charge in [0.15, 0.2) is 0 Å². The molecule has 0 bridgehead atoms. The van der Waals surface area contributed by atoms with Crippen molar-refractivity contribution in [2.24, 2.45) is 5.73 Å². The molecule has 1 nitrogen and oxygen atoms in total. The number of benzene rings is 1. The standard InChI is InChI=1S/C11H12Cl2FN/c12-7-5-8(10(13)9(14)6-7)11(15)3-1-2-4-11/h5-6H,1-4,15H2. The van der Waals surface area contributed by atoms with Crippen molar-refractivity contribution in [3.8, 4) is 0 Å². The van der Waals surface area contributed by atoms with Gasteiger partial charge in [0, 0.05) is 10.6 Å². The summed E-state index contributed by atoms with van der Waals surface area (Å²) < 4.78 is 13.4. The van der Waals surface area contributed by atoms with Crippen LogP contribution in [0.15, 0.2) is 12.1 Å². The second-order valence-corrected chi connectivity index (χ2v) is 4.93. The van der Waals surface area contributed by atoms with E-state index in [4.69, 9.17) is 28.9 Å². The Balaban J connectivity index is 2.51. The zero-order valence-corrected chi connectivity index (χ0v) is 9.71. The van der Waals surface area contributed by atoms with Crippen LogP contribution in [0.2, 0.25) is 10.0 Å². The van der Waals surface area contributed by atoms with Gasteiger partial charge in [-0.25, -0.2) is 4.39 Å². The lowest BCUT2D eigenvalue weighted by molar-refractivity contribution is 0.458. The minimum Gasteiger partial charge on any atom is -0.321 e. The van der Waals surface area contributed by atoms with Crippen LogP contribution in [0.1, 0.15) is 31.2 Å². The van der Waals surface area contributed by atoms with Gasteiger partial charge in [0.2, 0.25) is 0 Å². The molecule has 82 valence electrons. The number of halogens is 3. The van der Waals surface area contributed by atoms with Crippen LogP contribution in [0.5, 0.6) is 0 Å². The molecule has 1 aliphatic carbocycles. The Morgan fingerprint density at radius 3 is 2.40 bits per heavy atom. The Labute approximate surface area is 98.4 Å². The summed E-state index contributed by atoms with van der Waals surface area (Å²) in [5.74, 6) is -0.490. The maximum absolute atomic E-state index is 13.4. The first-order valence-electron chi connectivity index (χ1n) is 4.97. The zero-order chi connectivity index (χ0) is 11.1. The molecule has 0 radical (unpaired) electrons. The van der Waals surface area contributed by atoms with Gasteiger partial charge >= 0.3 is 0 Å². The average Bonchev–Trinajstić information content (AvgIpc) is 2.59. The van der Waals surface area contributed by atoms with Crippen molar-refractivity contribution in [2.45, 2.75) is 31.2 Å². The van der Waals surface area contributed by atoms with Gasteiger partial charge in [-0.05, 0) is 30.5 Å². The largest absolute Gasteiger partial charge is 0.321 e. The molecule has 0 amide bonds. The average molecular weight is 248 g/mol. The second-order valence-electron chi connectivity index (χ2n) is 4.11. The summed E-state index contributed by atoms with van der Waals surface area (Å²) >= 11 is 11.7. The number of nitrogens with two attached hydrogens (primary N) is 1. The zero-order valence-electron chi connectivity index (χ0n) is 8.19. The van der Waals surface area contributed by atoms with E-state index in [1.54, 1.807) is 6.07 Å². The molecule has 0 aromatic heterocycles. The summed E-state index contributed by atoms with van der Waals surface area (Å²) in [6.45, 7) is 0. The van der Waals surface area contributed by atoms with Crippen molar-refractivity contribution < 1.29 is 4.39 Å². The van der Waals surface area contributed by atoms with E-state index in [1.807, 2.05) is 0 Å². The first kappa shape index (κ1) is 11.2. The topological polar surface area (TPSA) is 26.0 Å². The fourth-order valence-electron chi connectivity index (χ4n) is 2.19. The fraction of sp³-hybridized carbons (Fsp3) is 0.455. The molecule has 1 fully saturated rings. The van der Waals surface area contributed by atoms with Crippen molar-refractivity contribution in [1.29, 1.82) is 0 Å². The van der Waals surface area contributed by atoms with Crippen molar-refractivity contribution in [2.75, 3.05) is 0 Å². The number of hydrogen-bond acceptors (Lipinski definition) is 1. The molecule has 1 aromatic rings. The highest BCUT2D eigenvalue weighted by atomic mass is 35.5. The lowest BCUT2D eigenvalue weighted by Crippen LogP contribution is -2.33. The Morgan fingerprint density at radius 1 is 1.20 bits per heavy atom. The number of hydrogen-bond donors (Lipinski definition) is 1. The van der Waals surface area contributed by atoms with Crippen LogP contribution in [-0.4, -0.2) is 0 Å². The smallest absolute Gasteiger partial charge is 0.143 e. The van der Waals surface area contributed by atoms with E-state index in [-0.39, 0.29) is 5.02 Å². The molecule has 1 saturated carbocycles. The summed E-state index contributed by atoms with van der Waals surface area (Å²) in [5.41, 5.74) is 6.36. The third-order valence-electron chi connectivity index (χ3n) is 3.03. The number of rotatable bonds is 1. The molecule has 0 aliphatic heterocycles. The molecule has 0 unspecified atom stereocenters. The minimum absolute atomic E-state index is 0.115. The van der Waals surface area contributed by atoms with Gasteiger partial charge in [0.05, 0.1) is 5.02 Å². The first-order valence-corrected chi connectivity index (χ1v) is 5.72. The predicted octanol–water partition coefficient (Wildman–Crippen LogP) is 3.86. The summed E-state index contributed by atoms with van der Waals surface area (Å²) in [7, 11) is 0. The molecule has 15 heavy (non-hydrogen) atoms. The molecule has 1 aromatic carbocycles. The van der Waals surface area contributed by atoms with E-state index in [9.17, 15) is 4.39 Å². The molecule has 0 atom stereocenters. The van der Waals surface area contributed by atoms with Crippen LogP contribution >= 0.6 is 23.2 Å². The van der Waals surface area contributed by atoms with Crippen LogP contribution < -0.4 is 5.73 Å². The maximum atomic E-state index is 13.4. The highest BCUT2D eigenvalue weighted by Gasteiger charge is 2.34. The van der Waals surface area contributed by atoms with E-state index in [2.05, 4.69) is 0 Å². The van der Waals surface area contributed by atoms with E-state index < -0.39 is 11.4 Å². The predicted molar refractivity (Wildman–Crippen MR) is 60.8 cm³/mol. The highest BCUT2D eigenvalue weighted by molar-refractivity contribution is 6.33. The first-order chi connectivity index (χ1) is 7.03. The summed E-state index contributed by atoms with van der Waals surface area (Å²) in [5, 5.41) is 0.465. The van der Waals surface area contributed by atoms with Crippen LogP contribution in [-0.2, 0) is 5.54 Å². The third-order valence-corrected chi connectivity index (χ3v) is 3.63. The summed E-state index contributed by atoms with van der Waals surface area (Å²) in [4.78, 5) is 0. The Kier molecular flexibility index (Phi) is 2.93. The van der Waals surface area contributed by atoms with Crippen LogP contribution in [0.4, 0.5) is 4.39 Å².